The van der Waals surface area contributed by atoms with Crippen LogP contribution in [0.5, 0.6) is 0 Å². The molecule has 27 heavy (non-hydrogen) atoms. The Morgan fingerprint density at radius 2 is 2.04 bits per heavy atom. The van der Waals surface area contributed by atoms with Gasteiger partial charge in [-0.15, -0.1) is 0 Å². The summed E-state index contributed by atoms with van der Waals surface area (Å²) in [5, 5.41) is 8.94. The van der Waals surface area contributed by atoms with E-state index in [1.54, 1.807) is 35.2 Å². The van der Waals surface area contributed by atoms with Crippen LogP contribution in [0.3, 0.4) is 0 Å². The fourth-order valence-corrected chi connectivity index (χ4v) is 3.21. The molecule has 1 aromatic rings. The minimum Gasteiger partial charge on any atom is -0.478 e. The van der Waals surface area contributed by atoms with Crippen molar-refractivity contribution in [3.63, 3.8) is 0 Å². The zero-order valence-corrected chi connectivity index (χ0v) is 16.1. The Bertz CT molecular complexity index is 722. The van der Waals surface area contributed by atoms with Gasteiger partial charge in [0.2, 0.25) is 5.91 Å². The van der Waals surface area contributed by atoms with Crippen molar-refractivity contribution >= 4 is 11.9 Å². The first kappa shape index (κ1) is 20.9. The predicted octanol–water partition coefficient (Wildman–Crippen LogP) is 4.91. The van der Waals surface area contributed by atoms with Gasteiger partial charge in [-0.1, -0.05) is 31.6 Å². The Labute approximate surface area is 160 Å². The van der Waals surface area contributed by atoms with Crippen molar-refractivity contribution in [1.82, 2.24) is 4.90 Å². The molecular formula is C22H28FNO3. The van der Waals surface area contributed by atoms with Gasteiger partial charge in [0.1, 0.15) is 5.83 Å². The average Bonchev–Trinajstić information content (AvgIpc) is 3.02. The molecule has 2 rings (SSSR count). The Morgan fingerprint density at radius 1 is 1.33 bits per heavy atom. The van der Waals surface area contributed by atoms with Crippen LogP contribution in [0.25, 0.3) is 0 Å². The second kappa shape index (κ2) is 10.0. The number of halogens is 1. The molecule has 1 fully saturated rings. The van der Waals surface area contributed by atoms with Gasteiger partial charge in [0.05, 0.1) is 11.6 Å². The third-order valence-electron chi connectivity index (χ3n) is 4.99. The maximum Gasteiger partial charge on any atom is 0.335 e. The highest BCUT2D eigenvalue weighted by atomic mass is 19.1. The highest BCUT2D eigenvalue weighted by Crippen LogP contribution is 2.22. The number of allylic oxidation sites excluding steroid dienone is 3. The highest BCUT2D eigenvalue weighted by Gasteiger charge is 2.28. The summed E-state index contributed by atoms with van der Waals surface area (Å²) >= 11 is 0. The summed E-state index contributed by atoms with van der Waals surface area (Å²) in [4.78, 5) is 24.9. The van der Waals surface area contributed by atoms with Crippen molar-refractivity contribution in [2.24, 2.45) is 0 Å². The molecule has 4 nitrogen and oxygen atoms in total. The molecule has 1 atom stereocenters. The smallest absolute Gasteiger partial charge is 0.335 e. The summed E-state index contributed by atoms with van der Waals surface area (Å²) < 4.78 is 14.2. The Balaban J connectivity index is 1.97. The van der Waals surface area contributed by atoms with E-state index >= 15 is 0 Å². The summed E-state index contributed by atoms with van der Waals surface area (Å²) in [6, 6.07) is 6.60. The van der Waals surface area contributed by atoms with E-state index in [-0.39, 0.29) is 23.3 Å². The third-order valence-corrected chi connectivity index (χ3v) is 4.99. The predicted molar refractivity (Wildman–Crippen MR) is 104 cm³/mol. The van der Waals surface area contributed by atoms with Gasteiger partial charge in [-0.2, -0.15) is 0 Å². The average molecular weight is 373 g/mol. The van der Waals surface area contributed by atoms with E-state index in [9.17, 15) is 14.0 Å². The zero-order valence-electron chi connectivity index (χ0n) is 16.1. The lowest BCUT2D eigenvalue weighted by atomic mass is 10.1. The Morgan fingerprint density at radius 3 is 2.67 bits per heavy atom. The van der Waals surface area contributed by atoms with Gasteiger partial charge >= 0.3 is 5.97 Å². The Kier molecular flexibility index (Phi) is 7.77. The van der Waals surface area contributed by atoms with Gasteiger partial charge in [0.15, 0.2) is 0 Å². The quantitative estimate of drug-likeness (QED) is 0.626. The van der Waals surface area contributed by atoms with Crippen molar-refractivity contribution in [1.29, 1.82) is 0 Å². The number of amides is 1. The summed E-state index contributed by atoms with van der Waals surface area (Å²) in [7, 11) is 0. The topological polar surface area (TPSA) is 57.6 Å². The number of unbranched alkanes of at least 4 members (excludes halogenated alkanes) is 1. The molecule has 0 bridgehead atoms. The summed E-state index contributed by atoms with van der Waals surface area (Å²) in [6.45, 7) is 4.44. The number of carboxylic acids is 1. The van der Waals surface area contributed by atoms with Crippen molar-refractivity contribution in [2.75, 3.05) is 6.54 Å². The molecule has 1 saturated heterocycles. The number of hydrogen-bond donors (Lipinski definition) is 1. The van der Waals surface area contributed by atoms with Gasteiger partial charge in [-0.05, 0) is 62.0 Å². The molecule has 0 aliphatic carbocycles. The molecule has 0 spiro atoms. The first-order valence-electron chi connectivity index (χ1n) is 9.57. The zero-order chi connectivity index (χ0) is 19.8. The first-order valence-corrected chi connectivity index (χ1v) is 9.57. The van der Waals surface area contributed by atoms with Crippen LogP contribution in [-0.2, 0) is 11.2 Å². The van der Waals surface area contributed by atoms with Crippen molar-refractivity contribution < 1.29 is 19.1 Å². The van der Waals surface area contributed by atoms with E-state index in [1.807, 2.05) is 6.92 Å². The van der Waals surface area contributed by atoms with Gasteiger partial charge in [0, 0.05) is 13.0 Å². The summed E-state index contributed by atoms with van der Waals surface area (Å²) in [5.41, 5.74) is 1.98. The SMILES string of the molecule is CCCCC(C)=C(F)C=CC1CCC(=O)N1CCc1ccc(C(=O)O)cc1. The maximum absolute atomic E-state index is 14.2. The fraction of sp³-hybridized carbons (Fsp3) is 0.455. The van der Waals surface area contributed by atoms with Gasteiger partial charge in [-0.25, -0.2) is 9.18 Å². The van der Waals surface area contributed by atoms with E-state index in [1.165, 1.54) is 6.08 Å². The molecule has 0 saturated carbocycles. The molecule has 1 aliphatic rings. The molecule has 0 radical (unpaired) electrons. The van der Waals surface area contributed by atoms with E-state index in [0.717, 1.165) is 30.4 Å². The van der Waals surface area contributed by atoms with E-state index in [4.69, 9.17) is 5.11 Å². The second-order valence-corrected chi connectivity index (χ2v) is 7.04. The minimum absolute atomic E-state index is 0.0823. The molecule has 1 aliphatic heterocycles. The lowest BCUT2D eigenvalue weighted by Gasteiger charge is -2.22. The van der Waals surface area contributed by atoms with Crippen molar-refractivity contribution in [2.45, 2.75) is 58.4 Å². The largest absolute Gasteiger partial charge is 0.478 e. The standard InChI is InChI=1S/C22H28FNO3/c1-3-4-5-16(2)20(23)12-10-19-11-13-21(25)24(19)15-14-17-6-8-18(9-7-17)22(26)27/h6-10,12,19H,3-5,11,13-15H2,1-2H3,(H,26,27). The first-order chi connectivity index (χ1) is 12.9. The van der Waals surface area contributed by atoms with Crippen LogP contribution in [-0.4, -0.2) is 34.5 Å². The lowest BCUT2D eigenvalue weighted by molar-refractivity contribution is -0.128. The van der Waals surface area contributed by atoms with E-state index in [2.05, 4.69) is 6.92 Å². The monoisotopic (exact) mass is 373 g/mol. The molecule has 1 heterocycles. The molecule has 146 valence electrons. The number of rotatable bonds is 9. The molecule has 1 aromatic carbocycles. The normalized spacial score (nSPS) is 18.3. The minimum atomic E-state index is -0.953. The van der Waals surface area contributed by atoms with Crippen molar-refractivity contribution in [3.8, 4) is 0 Å². The molecule has 1 N–H and O–H groups in total. The van der Waals surface area contributed by atoms with Crippen LogP contribution < -0.4 is 0 Å². The van der Waals surface area contributed by atoms with E-state index < -0.39 is 5.97 Å². The number of carbonyl (C=O) groups is 2. The number of likely N-dealkylation sites (tertiary alicyclic amines) is 1. The van der Waals surface area contributed by atoms with Crippen LogP contribution >= 0.6 is 0 Å². The molecule has 1 amide bonds. The van der Waals surface area contributed by atoms with Crippen LogP contribution in [0, 0.1) is 0 Å². The third kappa shape index (κ3) is 6.05. The Hall–Kier alpha value is -2.43. The number of carbonyl (C=O) groups excluding carboxylic acids is 1. The van der Waals surface area contributed by atoms with E-state index in [0.29, 0.717) is 25.8 Å². The summed E-state index contributed by atoms with van der Waals surface area (Å²) in [5.74, 6) is -1.07. The van der Waals surface area contributed by atoms with Gasteiger partial charge in [-0.3, -0.25) is 4.79 Å². The summed E-state index contributed by atoms with van der Waals surface area (Å²) in [6.07, 6.45) is 7.89. The van der Waals surface area contributed by atoms with Crippen LogP contribution in [0.2, 0.25) is 0 Å². The molecular weight excluding hydrogens is 345 g/mol. The number of carboxylic acid groups (broad SMARTS) is 1. The number of aromatic carboxylic acids is 1. The number of nitrogens with zero attached hydrogens (tertiary/aromatic N) is 1. The molecule has 0 aromatic heterocycles. The van der Waals surface area contributed by atoms with Gasteiger partial charge < -0.3 is 10.0 Å². The van der Waals surface area contributed by atoms with Crippen LogP contribution in [0.1, 0.15) is 61.9 Å². The number of benzene rings is 1. The lowest BCUT2D eigenvalue weighted by Crippen LogP contribution is -2.33. The second-order valence-electron chi connectivity index (χ2n) is 7.04. The highest BCUT2D eigenvalue weighted by molar-refractivity contribution is 5.87. The van der Waals surface area contributed by atoms with Gasteiger partial charge in [0.25, 0.3) is 0 Å². The fourth-order valence-electron chi connectivity index (χ4n) is 3.21. The van der Waals surface area contributed by atoms with Crippen molar-refractivity contribution in [3.05, 3.63) is 58.9 Å². The van der Waals surface area contributed by atoms with Crippen LogP contribution in [0.15, 0.2) is 47.8 Å². The number of hydrogen-bond acceptors (Lipinski definition) is 2. The molecule has 5 heteroatoms. The van der Waals surface area contributed by atoms with Crippen LogP contribution in [0.4, 0.5) is 4.39 Å². The maximum atomic E-state index is 14.2. The molecule has 1 unspecified atom stereocenters.